The average molecular weight is 322 g/mol. The molecule has 0 amide bonds. The van der Waals surface area contributed by atoms with Crippen molar-refractivity contribution < 1.29 is 9.18 Å². The number of ketones is 1. The third kappa shape index (κ3) is 3.10. The number of Topliss-reactive ketones (excluding diaryl/α,β-unsaturated/α-hetero) is 1. The van der Waals surface area contributed by atoms with E-state index in [-0.39, 0.29) is 11.6 Å². The highest BCUT2D eigenvalue weighted by Crippen LogP contribution is 2.29. The molecule has 3 aromatic rings. The molecule has 1 aliphatic carbocycles. The summed E-state index contributed by atoms with van der Waals surface area (Å²) in [6, 6.07) is 14.8. The largest absolute Gasteiger partial charge is 0.360 e. The Labute approximate surface area is 140 Å². The molecule has 4 heteroatoms. The summed E-state index contributed by atoms with van der Waals surface area (Å²) in [6.45, 7) is 1.07. The number of halogens is 1. The molecule has 0 radical (unpaired) electrons. The number of aromatic amines is 1. The van der Waals surface area contributed by atoms with E-state index in [0.29, 0.717) is 19.1 Å². The predicted molar refractivity (Wildman–Crippen MR) is 92.5 cm³/mol. The van der Waals surface area contributed by atoms with E-state index in [9.17, 15) is 9.18 Å². The second-order valence-corrected chi connectivity index (χ2v) is 6.43. The molecule has 1 N–H and O–H groups in total. The number of fused-ring (bicyclic) bond motifs is 1. The smallest absolute Gasteiger partial charge is 0.178 e. The van der Waals surface area contributed by atoms with E-state index in [1.807, 2.05) is 24.3 Å². The number of carbonyl (C=O) groups is 1. The minimum absolute atomic E-state index is 0.126. The first-order valence-corrected chi connectivity index (χ1v) is 8.28. The maximum Gasteiger partial charge on any atom is 0.178 e. The van der Waals surface area contributed by atoms with Gasteiger partial charge in [-0.1, -0.05) is 30.3 Å². The van der Waals surface area contributed by atoms with Gasteiger partial charge >= 0.3 is 0 Å². The number of para-hydroxylation sites is 1. The topological polar surface area (TPSA) is 36.1 Å². The maximum atomic E-state index is 13.1. The lowest BCUT2D eigenvalue weighted by molar-refractivity contribution is 0.0921. The van der Waals surface area contributed by atoms with Crippen LogP contribution >= 0.6 is 0 Å². The van der Waals surface area contributed by atoms with E-state index in [1.54, 1.807) is 18.3 Å². The molecule has 24 heavy (non-hydrogen) atoms. The Kier molecular flexibility index (Phi) is 3.90. The fourth-order valence-corrected chi connectivity index (χ4v) is 3.15. The number of nitrogens with one attached hydrogen (secondary N) is 1. The number of H-pyrrole nitrogens is 1. The van der Waals surface area contributed by atoms with Crippen LogP contribution in [0.3, 0.4) is 0 Å². The van der Waals surface area contributed by atoms with Crippen LogP contribution in [0.4, 0.5) is 4.39 Å². The number of hydrogen-bond acceptors (Lipinski definition) is 2. The van der Waals surface area contributed by atoms with E-state index >= 15 is 0 Å². The van der Waals surface area contributed by atoms with Crippen molar-refractivity contribution in [1.82, 2.24) is 9.88 Å². The summed E-state index contributed by atoms with van der Waals surface area (Å²) >= 11 is 0. The Morgan fingerprint density at radius 2 is 1.88 bits per heavy atom. The minimum atomic E-state index is -0.230. The van der Waals surface area contributed by atoms with Crippen molar-refractivity contribution in [1.29, 1.82) is 0 Å². The molecule has 0 spiro atoms. The van der Waals surface area contributed by atoms with Crippen molar-refractivity contribution in [2.75, 3.05) is 6.54 Å². The zero-order valence-corrected chi connectivity index (χ0v) is 13.3. The molecular formula is C20H19FN2O. The molecule has 1 aromatic heterocycles. The van der Waals surface area contributed by atoms with E-state index < -0.39 is 0 Å². The zero-order chi connectivity index (χ0) is 16.5. The second kappa shape index (κ2) is 6.21. The molecule has 0 aliphatic heterocycles. The molecule has 1 heterocycles. The van der Waals surface area contributed by atoms with E-state index in [0.717, 1.165) is 34.9 Å². The number of nitrogens with zero attached hydrogens (tertiary/aromatic N) is 1. The molecule has 3 nitrogen and oxygen atoms in total. The highest BCUT2D eigenvalue weighted by Gasteiger charge is 2.30. The summed E-state index contributed by atoms with van der Waals surface area (Å²) in [4.78, 5) is 18.2. The SMILES string of the molecule is O=C(CN(Cc1ccc(F)cc1)C1CC1)c1c[nH]c2ccccc12. The fourth-order valence-electron chi connectivity index (χ4n) is 3.15. The third-order valence-corrected chi connectivity index (χ3v) is 4.60. The number of benzene rings is 2. The fraction of sp³-hybridized carbons (Fsp3) is 0.250. The quantitative estimate of drug-likeness (QED) is 0.692. The van der Waals surface area contributed by atoms with Crippen LogP contribution < -0.4 is 0 Å². The summed E-state index contributed by atoms with van der Waals surface area (Å²) in [7, 11) is 0. The summed E-state index contributed by atoms with van der Waals surface area (Å²) in [6.07, 6.45) is 4.06. The van der Waals surface area contributed by atoms with Gasteiger partial charge in [-0.05, 0) is 36.6 Å². The van der Waals surface area contributed by atoms with Crippen LogP contribution in [0.25, 0.3) is 10.9 Å². The Bertz CT molecular complexity index is 865. The van der Waals surface area contributed by atoms with Crippen LogP contribution in [0, 0.1) is 5.82 Å². The van der Waals surface area contributed by atoms with Gasteiger partial charge in [-0.15, -0.1) is 0 Å². The molecule has 1 saturated carbocycles. The van der Waals surface area contributed by atoms with Gasteiger partial charge in [0.05, 0.1) is 6.54 Å². The zero-order valence-electron chi connectivity index (χ0n) is 13.3. The van der Waals surface area contributed by atoms with Gasteiger partial charge in [-0.2, -0.15) is 0 Å². The first-order valence-electron chi connectivity index (χ1n) is 8.28. The van der Waals surface area contributed by atoms with Gasteiger partial charge in [0.2, 0.25) is 0 Å². The van der Waals surface area contributed by atoms with Crippen LogP contribution in [0.1, 0.15) is 28.8 Å². The standard InChI is InChI=1S/C20H19FN2O/c21-15-7-5-14(6-8-15)12-23(16-9-10-16)13-20(24)18-11-22-19-4-2-1-3-17(18)19/h1-8,11,16,22H,9-10,12-13H2. The summed E-state index contributed by atoms with van der Waals surface area (Å²) in [5.41, 5.74) is 2.77. The second-order valence-electron chi connectivity index (χ2n) is 6.43. The summed E-state index contributed by atoms with van der Waals surface area (Å²) in [5, 5.41) is 0.972. The van der Waals surface area contributed by atoms with Crippen molar-refractivity contribution >= 4 is 16.7 Å². The van der Waals surface area contributed by atoms with Crippen LogP contribution in [0.5, 0.6) is 0 Å². The Balaban J connectivity index is 1.52. The lowest BCUT2D eigenvalue weighted by Crippen LogP contribution is -2.31. The monoisotopic (exact) mass is 322 g/mol. The van der Waals surface area contributed by atoms with Crippen LogP contribution in [-0.4, -0.2) is 28.3 Å². The number of rotatable bonds is 6. The molecule has 0 bridgehead atoms. The van der Waals surface area contributed by atoms with Gasteiger partial charge < -0.3 is 4.98 Å². The van der Waals surface area contributed by atoms with Gasteiger partial charge in [0.25, 0.3) is 0 Å². The molecule has 0 unspecified atom stereocenters. The number of hydrogen-bond donors (Lipinski definition) is 1. The van der Waals surface area contributed by atoms with Crippen molar-refractivity contribution in [2.45, 2.75) is 25.4 Å². The van der Waals surface area contributed by atoms with Crippen molar-refractivity contribution in [3.05, 3.63) is 71.7 Å². The first-order chi connectivity index (χ1) is 11.7. The normalized spacial score (nSPS) is 14.4. The van der Waals surface area contributed by atoms with Crippen LogP contribution in [0.2, 0.25) is 0 Å². The molecule has 4 rings (SSSR count). The minimum Gasteiger partial charge on any atom is -0.360 e. The summed E-state index contributed by atoms with van der Waals surface area (Å²) in [5.74, 6) is -0.104. The molecule has 0 saturated heterocycles. The van der Waals surface area contributed by atoms with E-state index in [1.165, 1.54) is 12.1 Å². The molecule has 0 atom stereocenters. The van der Waals surface area contributed by atoms with Crippen molar-refractivity contribution in [2.24, 2.45) is 0 Å². The molecule has 1 aliphatic rings. The van der Waals surface area contributed by atoms with Crippen molar-refractivity contribution in [3.8, 4) is 0 Å². The van der Waals surface area contributed by atoms with Crippen LogP contribution in [0.15, 0.2) is 54.7 Å². The van der Waals surface area contributed by atoms with Crippen molar-refractivity contribution in [3.63, 3.8) is 0 Å². The average Bonchev–Trinajstić information content (AvgIpc) is 3.35. The lowest BCUT2D eigenvalue weighted by Gasteiger charge is -2.21. The van der Waals surface area contributed by atoms with Gasteiger partial charge in [0.1, 0.15) is 5.82 Å². The Hall–Kier alpha value is -2.46. The first kappa shape index (κ1) is 15.1. The Morgan fingerprint density at radius 1 is 1.12 bits per heavy atom. The van der Waals surface area contributed by atoms with Gasteiger partial charge in [0, 0.05) is 35.2 Å². The lowest BCUT2D eigenvalue weighted by atomic mass is 10.1. The van der Waals surface area contributed by atoms with Gasteiger partial charge in [0.15, 0.2) is 5.78 Å². The highest BCUT2D eigenvalue weighted by atomic mass is 19.1. The van der Waals surface area contributed by atoms with Gasteiger partial charge in [-0.3, -0.25) is 9.69 Å². The predicted octanol–water partition coefficient (Wildman–Crippen LogP) is 4.15. The number of carbonyl (C=O) groups excluding carboxylic acids is 1. The third-order valence-electron chi connectivity index (χ3n) is 4.60. The highest BCUT2D eigenvalue weighted by molar-refractivity contribution is 6.08. The summed E-state index contributed by atoms with van der Waals surface area (Å²) < 4.78 is 13.1. The molecule has 1 fully saturated rings. The molecular weight excluding hydrogens is 303 g/mol. The van der Waals surface area contributed by atoms with Gasteiger partial charge in [-0.25, -0.2) is 4.39 Å². The van der Waals surface area contributed by atoms with E-state index in [2.05, 4.69) is 9.88 Å². The van der Waals surface area contributed by atoms with Crippen LogP contribution in [-0.2, 0) is 6.54 Å². The maximum absolute atomic E-state index is 13.1. The molecule has 122 valence electrons. The van der Waals surface area contributed by atoms with E-state index in [4.69, 9.17) is 0 Å². The number of aromatic nitrogens is 1. The molecule has 2 aromatic carbocycles. The Morgan fingerprint density at radius 3 is 2.62 bits per heavy atom.